The maximum atomic E-state index is 11.4. The van der Waals surface area contributed by atoms with E-state index in [1.54, 1.807) is 13.0 Å². The van der Waals surface area contributed by atoms with Gasteiger partial charge in [-0.15, -0.1) is 6.58 Å². The van der Waals surface area contributed by atoms with Crippen molar-refractivity contribution in [3.05, 3.63) is 12.7 Å². The highest BCUT2D eigenvalue weighted by Crippen LogP contribution is 2.36. The summed E-state index contributed by atoms with van der Waals surface area (Å²) in [5.41, 5.74) is -0.806. The van der Waals surface area contributed by atoms with E-state index in [9.17, 15) is 9.90 Å². The van der Waals surface area contributed by atoms with Crippen LogP contribution in [0.5, 0.6) is 0 Å². The first-order chi connectivity index (χ1) is 6.02. The molecular weight excluding hydrogens is 168 g/mol. The van der Waals surface area contributed by atoms with Crippen LogP contribution in [0.4, 0.5) is 0 Å². The number of rotatable bonds is 2. The number of ether oxygens (including phenoxy) is 1. The number of aliphatic hydroxyl groups is 1. The van der Waals surface area contributed by atoms with Crippen molar-refractivity contribution in [1.29, 1.82) is 0 Å². The van der Waals surface area contributed by atoms with Crippen LogP contribution in [-0.4, -0.2) is 23.8 Å². The molecule has 1 rings (SSSR count). The summed E-state index contributed by atoms with van der Waals surface area (Å²) in [5.74, 6) is -0.319. The summed E-state index contributed by atoms with van der Waals surface area (Å²) in [6.45, 7) is 7.48. The number of carbonyl (C=O) groups is 1. The third-order valence-corrected chi connectivity index (χ3v) is 2.70. The third kappa shape index (κ3) is 1.61. The Labute approximate surface area is 78.4 Å². The number of cyclic esters (lactones) is 1. The first kappa shape index (κ1) is 10.3. The lowest BCUT2D eigenvalue weighted by Crippen LogP contribution is -2.50. The Morgan fingerprint density at radius 1 is 1.85 bits per heavy atom. The van der Waals surface area contributed by atoms with Gasteiger partial charge in [-0.1, -0.05) is 13.0 Å². The Kier molecular flexibility index (Phi) is 2.76. The highest BCUT2D eigenvalue weighted by molar-refractivity contribution is 5.78. The summed E-state index contributed by atoms with van der Waals surface area (Å²) < 4.78 is 4.98. The molecule has 1 N–H and O–H groups in total. The molecule has 1 heterocycles. The molecule has 0 bridgehead atoms. The fourth-order valence-electron chi connectivity index (χ4n) is 1.72. The molecule has 0 amide bonds. The van der Waals surface area contributed by atoms with E-state index < -0.39 is 11.5 Å². The van der Waals surface area contributed by atoms with Crippen LogP contribution in [0.25, 0.3) is 0 Å². The number of hydrogen-bond acceptors (Lipinski definition) is 3. The zero-order valence-corrected chi connectivity index (χ0v) is 8.12. The summed E-state index contributed by atoms with van der Waals surface area (Å²) in [7, 11) is 0. The van der Waals surface area contributed by atoms with Crippen LogP contribution in [-0.2, 0) is 9.53 Å². The van der Waals surface area contributed by atoms with Crippen LogP contribution in [0, 0.1) is 11.3 Å². The summed E-state index contributed by atoms with van der Waals surface area (Å²) in [6, 6.07) is 0. The van der Waals surface area contributed by atoms with Gasteiger partial charge in [-0.3, -0.25) is 4.79 Å². The zero-order valence-electron chi connectivity index (χ0n) is 8.12. The van der Waals surface area contributed by atoms with E-state index in [0.717, 1.165) is 0 Å². The molecule has 0 aliphatic carbocycles. The SMILES string of the molecule is C=CC[C@]1(C)C(=O)OC[C@H](C)[C@@H]1O. The molecule has 1 aliphatic heterocycles. The molecule has 1 saturated heterocycles. The molecule has 1 fully saturated rings. The van der Waals surface area contributed by atoms with E-state index in [1.807, 2.05) is 6.92 Å². The average Bonchev–Trinajstić information content (AvgIpc) is 2.10. The van der Waals surface area contributed by atoms with E-state index in [2.05, 4.69) is 6.58 Å². The highest BCUT2D eigenvalue weighted by atomic mass is 16.5. The highest BCUT2D eigenvalue weighted by Gasteiger charge is 2.47. The minimum Gasteiger partial charge on any atom is -0.465 e. The molecule has 74 valence electrons. The van der Waals surface area contributed by atoms with Gasteiger partial charge in [0.05, 0.1) is 18.1 Å². The Balaban J connectivity index is 2.87. The summed E-state index contributed by atoms with van der Waals surface area (Å²) in [4.78, 5) is 11.4. The second-order valence-electron chi connectivity index (χ2n) is 3.93. The summed E-state index contributed by atoms with van der Waals surface area (Å²) in [6.07, 6.45) is 1.46. The van der Waals surface area contributed by atoms with Crippen molar-refractivity contribution in [2.75, 3.05) is 6.61 Å². The number of esters is 1. The molecular formula is C10H16O3. The number of carbonyl (C=O) groups excluding carboxylic acids is 1. The van der Waals surface area contributed by atoms with Crippen LogP contribution < -0.4 is 0 Å². The molecule has 3 heteroatoms. The largest absolute Gasteiger partial charge is 0.465 e. The van der Waals surface area contributed by atoms with Gasteiger partial charge >= 0.3 is 5.97 Å². The van der Waals surface area contributed by atoms with Gasteiger partial charge in [-0.05, 0) is 13.3 Å². The first-order valence-corrected chi connectivity index (χ1v) is 4.48. The normalized spacial score (nSPS) is 39.8. The maximum absolute atomic E-state index is 11.4. The van der Waals surface area contributed by atoms with Gasteiger partial charge in [-0.25, -0.2) is 0 Å². The van der Waals surface area contributed by atoms with Crippen molar-refractivity contribution < 1.29 is 14.6 Å². The minimum atomic E-state index is -0.806. The van der Waals surface area contributed by atoms with Crippen LogP contribution >= 0.6 is 0 Å². The Morgan fingerprint density at radius 3 is 3.00 bits per heavy atom. The molecule has 0 saturated carbocycles. The molecule has 0 aromatic heterocycles. The van der Waals surface area contributed by atoms with Gasteiger partial charge in [0.2, 0.25) is 0 Å². The maximum Gasteiger partial charge on any atom is 0.314 e. The Hall–Kier alpha value is -0.830. The van der Waals surface area contributed by atoms with Crippen LogP contribution in [0.3, 0.4) is 0 Å². The Morgan fingerprint density at radius 2 is 2.46 bits per heavy atom. The second-order valence-corrected chi connectivity index (χ2v) is 3.93. The zero-order chi connectivity index (χ0) is 10.1. The van der Waals surface area contributed by atoms with Crippen molar-refractivity contribution in [3.63, 3.8) is 0 Å². The fraction of sp³-hybridized carbons (Fsp3) is 0.700. The van der Waals surface area contributed by atoms with Crippen LogP contribution in [0.15, 0.2) is 12.7 Å². The first-order valence-electron chi connectivity index (χ1n) is 4.48. The molecule has 0 spiro atoms. The second kappa shape index (κ2) is 3.50. The monoisotopic (exact) mass is 184 g/mol. The van der Waals surface area contributed by atoms with E-state index in [-0.39, 0.29) is 11.9 Å². The predicted molar refractivity (Wildman–Crippen MR) is 49.1 cm³/mol. The Bertz CT molecular complexity index is 224. The van der Waals surface area contributed by atoms with Crippen molar-refractivity contribution >= 4 is 5.97 Å². The molecule has 0 aromatic rings. The molecule has 3 atom stereocenters. The average molecular weight is 184 g/mol. The molecule has 0 unspecified atom stereocenters. The van der Waals surface area contributed by atoms with Gasteiger partial charge in [-0.2, -0.15) is 0 Å². The molecule has 1 aliphatic rings. The summed E-state index contributed by atoms with van der Waals surface area (Å²) >= 11 is 0. The quantitative estimate of drug-likeness (QED) is 0.516. The van der Waals surface area contributed by atoms with E-state index >= 15 is 0 Å². The smallest absolute Gasteiger partial charge is 0.314 e. The minimum absolute atomic E-state index is 0.00245. The lowest BCUT2D eigenvalue weighted by Gasteiger charge is -2.39. The van der Waals surface area contributed by atoms with Crippen molar-refractivity contribution in [2.45, 2.75) is 26.4 Å². The fourth-order valence-corrected chi connectivity index (χ4v) is 1.72. The number of aliphatic hydroxyl groups excluding tert-OH is 1. The standard InChI is InChI=1S/C10H16O3/c1-4-5-10(3)8(11)7(2)6-13-9(10)12/h4,7-8,11H,1,5-6H2,2-3H3/t7-,8-,10-/m0/s1. The predicted octanol–water partition coefficient (Wildman–Crippen LogP) is 1.12. The molecule has 0 aromatic carbocycles. The van der Waals surface area contributed by atoms with Crippen molar-refractivity contribution in [3.8, 4) is 0 Å². The molecule has 0 radical (unpaired) electrons. The van der Waals surface area contributed by atoms with Crippen LogP contribution in [0.2, 0.25) is 0 Å². The van der Waals surface area contributed by atoms with Gasteiger partial charge < -0.3 is 9.84 Å². The summed E-state index contributed by atoms with van der Waals surface area (Å²) in [5, 5.41) is 9.85. The van der Waals surface area contributed by atoms with E-state index in [0.29, 0.717) is 13.0 Å². The van der Waals surface area contributed by atoms with Crippen molar-refractivity contribution in [1.82, 2.24) is 0 Å². The van der Waals surface area contributed by atoms with Gasteiger partial charge in [0.1, 0.15) is 0 Å². The number of hydrogen-bond donors (Lipinski definition) is 1. The lowest BCUT2D eigenvalue weighted by atomic mass is 9.74. The van der Waals surface area contributed by atoms with Gasteiger partial charge in [0.25, 0.3) is 0 Å². The van der Waals surface area contributed by atoms with E-state index in [1.165, 1.54) is 0 Å². The topological polar surface area (TPSA) is 46.5 Å². The number of allylic oxidation sites excluding steroid dienone is 1. The lowest BCUT2D eigenvalue weighted by molar-refractivity contribution is -0.180. The molecule has 13 heavy (non-hydrogen) atoms. The third-order valence-electron chi connectivity index (χ3n) is 2.70. The van der Waals surface area contributed by atoms with Crippen LogP contribution in [0.1, 0.15) is 20.3 Å². The van der Waals surface area contributed by atoms with E-state index in [4.69, 9.17) is 4.74 Å². The molecule has 3 nitrogen and oxygen atoms in total. The van der Waals surface area contributed by atoms with Gasteiger partial charge in [0, 0.05) is 5.92 Å². The van der Waals surface area contributed by atoms with Crippen molar-refractivity contribution in [2.24, 2.45) is 11.3 Å². The van der Waals surface area contributed by atoms with Gasteiger partial charge in [0.15, 0.2) is 0 Å².